The Balaban J connectivity index is 2.17. The minimum absolute atomic E-state index is 0.268. The van der Waals surface area contributed by atoms with Gasteiger partial charge in [-0.3, -0.25) is 4.79 Å². The summed E-state index contributed by atoms with van der Waals surface area (Å²) in [6.45, 7) is 4.37. The minimum atomic E-state index is -0.467. The summed E-state index contributed by atoms with van der Waals surface area (Å²) < 4.78 is 19.2. The Morgan fingerprint density at radius 2 is 2.05 bits per heavy atom. The molecule has 0 aromatic heterocycles. The van der Waals surface area contributed by atoms with Crippen LogP contribution in [-0.4, -0.2) is 12.5 Å². The number of halogens is 2. The number of aryl methyl sites for hydroxylation is 1. The number of amides is 1. The summed E-state index contributed by atoms with van der Waals surface area (Å²) in [5, 5.41) is 2.77. The van der Waals surface area contributed by atoms with Crippen LogP contribution in [0.25, 0.3) is 0 Å². The van der Waals surface area contributed by atoms with Gasteiger partial charge in [-0.25, -0.2) is 4.39 Å². The second-order valence-corrected chi connectivity index (χ2v) is 5.35. The van der Waals surface area contributed by atoms with Gasteiger partial charge in [-0.1, -0.05) is 0 Å². The van der Waals surface area contributed by atoms with E-state index in [1.165, 1.54) is 12.1 Å². The van der Waals surface area contributed by atoms with Crippen molar-refractivity contribution in [3.05, 3.63) is 57.8 Å². The van der Waals surface area contributed by atoms with Gasteiger partial charge in [0.2, 0.25) is 0 Å². The van der Waals surface area contributed by atoms with Gasteiger partial charge >= 0.3 is 0 Å². The molecule has 2 aromatic carbocycles. The Hall–Kier alpha value is -1.88. The zero-order chi connectivity index (χ0) is 15.4. The SMILES string of the molecule is CCOc1ccc(NC(=O)c2ccc(Br)c(F)c2)c(C)c1. The molecule has 0 saturated carbocycles. The standard InChI is InChI=1S/C16H15BrFNO2/c1-3-21-12-5-7-15(10(2)8-12)19-16(20)11-4-6-13(17)14(18)9-11/h4-9H,3H2,1-2H3,(H,19,20). The molecule has 110 valence electrons. The highest BCUT2D eigenvalue weighted by Crippen LogP contribution is 2.23. The lowest BCUT2D eigenvalue weighted by Gasteiger charge is -2.11. The summed E-state index contributed by atoms with van der Waals surface area (Å²) in [5.74, 6) is -0.0672. The van der Waals surface area contributed by atoms with Crippen molar-refractivity contribution < 1.29 is 13.9 Å². The molecule has 5 heteroatoms. The number of benzene rings is 2. The normalized spacial score (nSPS) is 10.3. The monoisotopic (exact) mass is 351 g/mol. The van der Waals surface area contributed by atoms with Crippen molar-refractivity contribution in [3.63, 3.8) is 0 Å². The molecule has 1 amide bonds. The molecular weight excluding hydrogens is 337 g/mol. The summed E-state index contributed by atoms with van der Waals surface area (Å²) in [4.78, 5) is 12.1. The van der Waals surface area contributed by atoms with E-state index in [1.807, 2.05) is 19.9 Å². The van der Waals surface area contributed by atoms with E-state index in [0.29, 0.717) is 16.8 Å². The van der Waals surface area contributed by atoms with Crippen LogP contribution in [0.4, 0.5) is 10.1 Å². The van der Waals surface area contributed by atoms with Crippen LogP contribution < -0.4 is 10.1 Å². The number of carbonyl (C=O) groups excluding carboxylic acids is 1. The second kappa shape index (κ2) is 6.72. The Labute approximate surface area is 131 Å². The maximum atomic E-state index is 13.5. The lowest BCUT2D eigenvalue weighted by Crippen LogP contribution is -2.13. The molecule has 0 heterocycles. The maximum Gasteiger partial charge on any atom is 0.255 e. The quantitative estimate of drug-likeness (QED) is 0.877. The van der Waals surface area contributed by atoms with Crippen molar-refractivity contribution in [3.8, 4) is 5.75 Å². The van der Waals surface area contributed by atoms with Gasteiger partial charge in [0.1, 0.15) is 11.6 Å². The van der Waals surface area contributed by atoms with Gasteiger partial charge in [-0.2, -0.15) is 0 Å². The highest BCUT2D eigenvalue weighted by molar-refractivity contribution is 9.10. The summed E-state index contributed by atoms with van der Waals surface area (Å²) >= 11 is 3.06. The predicted molar refractivity (Wildman–Crippen MR) is 84.4 cm³/mol. The number of anilines is 1. The van der Waals surface area contributed by atoms with Crippen LogP contribution >= 0.6 is 15.9 Å². The van der Waals surface area contributed by atoms with Crippen LogP contribution in [0.5, 0.6) is 5.75 Å². The Bertz CT molecular complexity index is 673. The zero-order valence-corrected chi connectivity index (χ0v) is 13.3. The van der Waals surface area contributed by atoms with Gasteiger partial charge in [-0.15, -0.1) is 0 Å². The van der Waals surface area contributed by atoms with Crippen LogP contribution in [-0.2, 0) is 0 Å². The summed E-state index contributed by atoms with van der Waals surface area (Å²) in [5.41, 5.74) is 1.82. The van der Waals surface area contributed by atoms with Crippen LogP contribution in [0.1, 0.15) is 22.8 Å². The first-order valence-corrected chi connectivity index (χ1v) is 7.30. The van der Waals surface area contributed by atoms with Gasteiger partial charge in [-0.05, 0) is 71.7 Å². The topological polar surface area (TPSA) is 38.3 Å². The molecule has 2 rings (SSSR count). The van der Waals surface area contributed by atoms with E-state index in [1.54, 1.807) is 18.2 Å². The van der Waals surface area contributed by atoms with E-state index in [2.05, 4.69) is 21.2 Å². The van der Waals surface area contributed by atoms with E-state index < -0.39 is 5.82 Å². The molecule has 0 saturated heterocycles. The largest absolute Gasteiger partial charge is 0.494 e. The maximum absolute atomic E-state index is 13.5. The van der Waals surface area contributed by atoms with Gasteiger partial charge in [0, 0.05) is 11.3 Å². The van der Waals surface area contributed by atoms with Crippen molar-refractivity contribution in [2.75, 3.05) is 11.9 Å². The first-order valence-electron chi connectivity index (χ1n) is 6.51. The highest BCUT2D eigenvalue weighted by atomic mass is 79.9. The third kappa shape index (κ3) is 3.82. The zero-order valence-electron chi connectivity index (χ0n) is 11.7. The van der Waals surface area contributed by atoms with Crippen molar-refractivity contribution in [2.24, 2.45) is 0 Å². The van der Waals surface area contributed by atoms with Gasteiger partial charge in [0.25, 0.3) is 5.91 Å². The van der Waals surface area contributed by atoms with E-state index in [9.17, 15) is 9.18 Å². The van der Waals surface area contributed by atoms with Crippen molar-refractivity contribution in [1.29, 1.82) is 0 Å². The average Bonchev–Trinajstić information content (AvgIpc) is 2.45. The Morgan fingerprint density at radius 3 is 2.67 bits per heavy atom. The molecule has 0 bridgehead atoms. The highest BCUT2D eigenvalue weighted by Gasteiger charge is 2.10. The molecule has 0 fully saturated rings. The third-order valence-corrected chi connectivity index (χ3v) is 3.58. The van der Waals surface area contributed by atoms with E-state index in [-0.39, 0.29) is 11.5 Å². The molecule has 0 aliphatic heterocycles. The van der Waals surface area contributed by atoms with Gasteiger partial charge in [0.15, 0.2) is 0 Å². The molecule has 0 unspecified atom stereocenters. The smallest absolute Gasteiger partial charge is 0.255 e. The number of rotatable bonds is 4. The molecule has 1 N–H and O–H groups in total. The molecule has 0 atom stereocenters. The molecular formula is C16H15BrFNO2. The fourth-order valence-electron chi connectivity index (χ4n) is 1.86. The summed E-state index contributed by atoms with van der Waals surface area (Å²) in [7, 11) is 0. The molecule has 0 spiro atoms. The number of hydrogen-bond acceptors (Lipinski definition) is 2. The Morgan fingerprint density at radius 1 is 1.29 bits per heavy atom. The Kier molecular flexibility index (Phi) is 4.96. The molecule has 0 aliphatic rings. The lowest BCUT2D eigenvalue weighted by atomic mass is 10.1. The molecule has 21 heavy (non-hydrogen) atoms. The number of ether oxygens (including phenoxy) is 1. The van der Waals surface area contributed by atoms with Crippen LogP contribution in [0.3, 0.4) is 0 Å². The van der Waals surface area contributed by atoms with Crippen molar-refractivity contribution in [2.45, 2.75) is 13.8 Å². The summed E-state index contributed by atoms with van der Waals surface area (Å²) in [6, 6.07) is 9.67. The second-order valence-electron chi connectivity index (χ2n) is 4.49. The number of nitrogens with one attached hydrogen (secondary N) is 1. The summed E-state index contributed by atoms with van der Waals surface area (Å²) in [6.07, 6.45) is 0. The van der Waals surface area contributed by atoms with E-state index in [4.69, 9.17) is 4.74 Å². The number of carbonyl (C=O) groups is 1. The average molecular weight is 352 g/mol. The van der Waals surface area contributed by atoms with Crippen LogP contribution in [0, 0.1) is 12.7 Å². The minimum Gasteiger partial charge on any atom is -0.494 e. The lowest BCUT2D eigenvalue weighted by molar-refractivity contribution is 0.102. The number of hydrogen-bond donors (Lipinski definition) is 1. The molecule has 0 radical (unpaired) electrons. The molecule has 3 nitrogen and oxygen atoms in total. The van der Waals surface area contributed by atoms with Crippen LogP contribution in [0.15, 0.2) is 40.9 Å². The fourth-order valence-corrected chi connectivity index (χ4v) is 2.11. The first-order chi connectivity index (χ1) is 10.0. The van der Waals surface area contributed by atoms with Crippen LogP contribution in [0.2, 0.25) is 0 Å². The van der Waals surface area contributed by atoms with E-state index >= 15 is 0 Å². The van der Waals surface area contributed by atoms with Crippen molar-refractivity contribution >= 4 is 27.5 Å². The third-order valence-electron chi connectivity index (χ3n) is 2.94. The van der Waals surface area contributed by atoms with Crippen molar-refractivity contribution in [1.82, 2.24) is 0 Å². The van der Waals surface area contributed by atoms with Gasteiger partial charge in [0.05, 0.1) is 11.1 Å². The van der Waals surface area contributed by atoms with E-state index in [0.717, 1.165) is 11.3 Å². The predicted octanol–water partition coefficient (Wildman–Crippen LogP) is 4.55. The fraction of sp³-hybridized carbons (Fsp3) is 0.188. The molecule has 2 aromatic rings. The van der Waals surface area contributed by atoms with Gasteiger partial charge < -0.3 is 10.1 Å². The first kappa shape index (κ1) is 15.5. The molecule has 0 aliphatic carbocycles.